The molecule has 0 aromatic heterocycles. The van der Waals surface area contributed by atoms with E-state index in [4.69, 9.17) is 0 Å². The van der Waals surface area contributed by atoms with Gasteiger partial charge in [0.1, 0.15) is 0 Å². The Balaban J connectivity index is 3.29. The van der Waals surface area contributed by atoms with E-state index in [2.05, 4.69) is 32.6 Å². The topological polar surface area (TPSA) is 0 Å². The van der Waals surface area contributed by atoms with E-state index in [0.29, 0.717) is 0 Å². The number of unbranched alkanes of at least 4 members (excludes halogenated alkanes) is 8. The lowest BCUT2D eigenvalue weighted by Gasteiger charge is -2.08. The summed E-state index contributed by atoms with van der Waals surface area (Å²) < 4.78 is 0. The Morgan fingerprint density at radius 2 is 1.42 bits per heavy atom. The van der Waals surface area contributed by atoms with E-state index in [0.717, 1.165) is 31.6 Å². The first-order chi connectivity index (χ1) is 9.35. The molecule has 0 saturated heterocycles. The average Bonchev–Trinajstić information content (AvgIpc) is 2.43. The summed E-state index contributed by atoms with van der Waals surface area (Å²) in [7, 11) is 0. The predicted octanol–water partition coefficient (Wildman–Crippen LogP) is 6.37. The van der Waals surface area contributed by atoms with Gasteiger partial charge in [0.25, 0.3) is 0 Å². The normalized spacial score (nSPS) is 11.9. The van der Waals surface area contributed by atoms with Crippen molar-refractivity contribution >= 4 is 0 Å². The Bertz CT molecular complexity index is 218. The summed E-state index contributed by atoms with van der Waals surface area (Å²) >= 11 is 0. The molecule has 2 radical (unpaired) electrons. The van der Waals surface area contributed by atoms with Gasteiger partial charge in [-0.1, -0.05) is 78.6 Å². The van der Waals surface area contributed by atoms with Crippen molar-refractivity contribution in [2.24, 2.45) is 5.92 Å². The fraction of sp³-hybridized carbons (Fsp3) is 0.789. The van der Waals surface area contributed by atoms with Crippen molar-refractivity contribution in [3.8, 4) is 11.8 Å². The van der Waals surface area contributed by atoms with Gasteiger partial charge in [0.05, 0.1) is 0 Å². The first kappa shape index (κ1) is 18.6. The van der Waals surface area contributed by atoms with Gasteiger partial charge in [-0.2, -0.15) is 0 Å². The lowest BCUT2D eigenvalue weighted by Crippen LogP contribution is -1.95. The van der Waals surface area contributed by atoms with E-state index in [1.165, 1.54) is 57.8 Å². The van der Waals surface area contributed by atoms with E-state index in [-0.39, 0.29) is 0 Å². The van der Waals surface area contributed by atoms with Crippen LogP contribution in [-0.2, 0) is 0 Å². The largest absolute Gasteiger partial charge is 0.103 e. The molecule has 0 spiro atoms. The van der Waals surface area contributed by atoms with Crippen molar-refractivity contribution in [1.82, 2.24) is 0 Å². The maximum absolute atomic E-state index is 3.93. The van der Waals surface area contributed by atoms with Crippen molar-refractivity contribution in [1.29, 1.82) is 0 Å². The summed E-state index contributed by atoms with van der Waals surface area (Å²) in [5.41, 5.74) is 0. The van der Waals surface area contributed by atoms with Crippen molar-refractivity contribution in [3.63, 3.8) is 0 Å². The zero-order valence-electron chi connectivity index (χ0n) is 13.2. The molecule has 1 atom stereocenters. The van der Waals surface area contributed by atoms with Crippen LogP contribution in [0.15, 0.2) is 0 Å². The van der Waals surface area contributed by atoms with Crippen LogP contribution in [0.4, 0.5) is 0 Å². The molecule has 0 rings (SSSR count). The Labute approximate surface area is 122 Å². The first-order valence-electron chi connectivity index (χ1n) is 8.39. The van der Waals surface area contributed by atoms with Crippen LogP contribution >= 0.6 is 0 Å². The minimum absolute atomic E-state index is 0.776. The van der Waals surface area contributed by atoms with E-state index >= 15 is 0 Å². The number of hydrogen-bond acceptors (Lipinski definition) is 0. The molecule has 0 N–H and O–H groups in total. The summed E-state index contributed by atoms with van der Waals surface area (Å²) in [6.07, 6.45) is 16.3. The van der Waals surface area contributed by atoms with Crippen LogP contribution in [0.5, 0.6) is 0 Å². The third kappa shape index (κ3) is 13.8. The highest BCUT2D eigenvalue weighted by Crippen LogP contribution is 2.14. The third-order valence-corrected chi connectivity index (χ3v) is 3.76. The first-order valence-corrected chi connectivity index (χ1v) is 8.39. The van der Waals surface area contributed by atoms with Gasteiger partial charge in [0.15, 0.2) is 0 Å². The molecule has 0 bridgehead atoms. The average molecular weight is 262 g/mol. The molecule has 0 fully saturated rings. The third-order valence-electron chi connectivity index (χ3n) is 3.76. The van der Waals surface area contributed by atoms with Gasteiger partial charge in [0, 0.05) is 12.8 Å². The van der Waals surface area contributed by atoms with Gasteiger partial charge in [-0.3, -0.25) is 0 Å². The SMILES string of the molecule is [CH2]CCCCCCCCCC#CCC(CC)CC[CH2]. The minimum atomic E-state index is 0.776. The van der Waals surface area contributed by atoms with Gasteiger partial charge in [-0.05, 0) is 18.8 Å². The zero-order valence-corrected chi connectivity index (χ0v) is 13.2. The minimum Gasteiger partial charge on any atom is -0.103 e. The van der Waals surface area contributed by atoms with Crippen LogP contribution in [0.25, 0.3) is 0 Å². The summed E-state index contributed by atoms with van der Waals surface area (Å²) in [6.45, 7) is 10.1. The van der Waals surface area contributed by atoms with Crippen molar-refractivity contribution < 1.29 is 0 Å². The summed E-state index contributed by atoms with van der Waals surface area (Å²) in [5, 5.41) is 0. The lowest BCUT2D eigenvalue weighted by molar-refractivity contribution is 0.486. The molecule has 0 nitrogen and oxygen atoms in total. The highest BCUT2D eigenvalue weighted by atomic mass is 14.1. The highest BCUT2D eigenvalue weighted by Gasteiger charge is 2.01. The van der Waals surface area contributed by atoms with Crippen LogP contribution in [0, 0.1) is 31.6 Å². The fourth-order valence-corrected chi connectivity index (χ4v) is 2.32. The molecule has 0 aliphatic heterocycles. The molecule has 0 aromatic rings. The predicted molar refractivity (Wildman–Crippen MR) is 87.7 cm³/mol. The van der Waals surface area contributed by atoms with Crippen LogP contribution in [0.1, 0.15) is 90.4 Å². The second kappa shape index (κ2) is 15.6. The van der Waals surface area contributed by atoms with Crippen molar-refractivity contribution in [2.75, 3.05) is 0 Å². The van der Waals surface area contributed by atoms with Crippen molar-refractivity contribution in [2.45, 2.75) is 90.4 Å². The molecule has 0 heterocycles. The monoisotopic (exact) mass is 262 g/mol. The molecule has 110 valence electrons. The molecule has 0 aromatic carbocycles. The van der Waals surface area contributed by atoms with Crippen LogP contribution in [0.2, 0.25) is 0 Å². The van der Waals surface area contributed by atoms with Gasteiger partial charge in [-0.25, -0.2) is 0 Å². The van der Waals surface area contributed by atoms with E-state index in [1.54, 1.807) is 0 Å². The van der Waals surface area contributed by atoms with Gasteiger partial charge in [-0.15, -0.1) is 11.8 Å². The summed E-state index contributed by atoms with van der Waals surface area (Å²) in [5.74, 6) is 7.47. The van der Waals surface area contributed by atoms with Crippen LogP contribution in [-0.4, -0.2) is 0 Å². The second-order valence-corrected chi connectivity index (χ2v) is 5.55. The van der Waals surface area contributed by atoms with E-state index in [1.807, 2.05) is 0 Å². The number of hydrogen-bond donors (Lipinski definition) is 0. The molecule has 0 aliphatic carbocycles. The molecule has 0 aliphatic rings. The molecule has 0 saturated carbocycles. The molecule has 0 amide bonds. The van der Waals surface area contributed by atoms with E-state index < -0.39 is 0 Å². The molecule has 19 heavy (non-hydrogen) atoms. The Kier molecular flexibility index (Phi) is 15.3. The zero-order chi connectivity index (χ0) is 14.2. The molecular weight excluding hydrogens is 228 g/mol. The second-order valence-electron chi connectivity index (χ2n) is 5.55. The smallest absolute Gasteiger partial charge is 0.0117 e. The lowest BCUT2D eigenvalue weighted by atomic mass is 9.97. The Morgan fingerprint density at radius 1 is 0.789 bits per heavy atom. The standard InChI is InChI=1S/C19H34/c1-4-7-8-9-10-11-12-13-14-15-16-18-19(6-3)17-5-2/h19H,1-2,4-14,17-18H2,3H3. The van der Waals surface area contributed by atoms with Gasteiger partial charge < -0.3 is 0 Å². The summed E-state index contributed by atoms with van der Waals surface area (Å²) in [4.78, 5) is 0. The van der Waals surface area contributed by atoms with Crippen LogP contribution < -0.4 is 0 Å². The Hall–Kier alpha value is -0.440. The van der Waals surface area contributed by atoms with Crippen LogP contribution in [0.3, 0.4) is 0 Å². The quantitative estimate of drug-likeness (QED) is 0.283. The highest BCUT2D eigenvalue weighted by molar-refractivity contribution is 4.99. The number of rotatable bonds is 12. The fourth-order valence-electron chi connectivity index (χ4n) is 2.32. The van der Waals surface area contributed by atoms with E-state index in [9.17, 15) is 0 Å². The Morgan fingerprint density at radius 3 is 2.00 bits per heavy atom. The maximum Gasteiger partial charge on any atom is 0.0117 e. The summed E-state index contributed by atoms with van der Waals surface area (Å²) in [6, 6.07) is 0. The molecule has 1 unspecified atom stereocenters. The van der Waals surface area contributed by atoms with Gasteiger partial charge >= 0.3 is 0 Å². The maximum atomic E-state index is 3.93. The molecular formula is C19H34. The molecule has 0 heteroatoms. The van der Waals surface area contributed by atoms with Gasteiger partial charge in [0.2, 0.25) is 0 Å². The van der Waals surface area contributed by atoms with Crippen molar-refractivity contribution in [3.05, 3.63) is 13.8 Å².